The lowest BCUT2D eigenvalue weighted by Crippen LogP contribution is -2.35. The molecule has 0 aliphatic carbocycles. The van der Waals surface area contributed by atoms with E-state index in [4.69, 9.17) is 11.6 Å². The first-order chi connectivity index (χ1) is 15.6. The number of aromatic nitrogens is 2. The third kappa shape index (κ3) is 5.47. The second-order valence-corrected chi connectivity index (χ2v) is 9.65. The van der Waals surface area contributed by atoms with E-state index in [0.717, 1.165) is 6.07 Å². The van der Waals surface area contributed by atoms with Crippen molar-refractivity contribution in [1.29, 1.82) is 0 Å². The largest absolute Gasteiger partial charge is 0.506 e. The van der Waals surface area contributed by atoms with E-state index in [9.17, 15) is 23.1 Å². The minimum atomic E-state index is -4.01. The Morgan fingerprint density at radius 1 is 1.12 bits per heavy atom. The van der Waals surface area contributed by atoms with Gasteiger partial charge in [0.05, 0.1) is 26.9 Å². The van der Waals surface area contributed by atoms with Crippen molar-refractivity contribution in [3.05, 3.63) is 71.3 Å². The van der Waals surface area contributed by atoms with Crippen LogP contribution in [0.3, 0.4) is 0 Å². The number of aromatic hydroxyl groups is 1. The van der Waals surface area contributed by atoms with Gasteiger partial charge in [-0.05, 0) is 43.7 Å². The van der Waals surface area contributed by atoms with Gasteiger partial charge in [-0.3, -0.25) is 19.6 Å². The quantitative estimate of drug-likeness (QED) is 0.432. The van der Waals surface area contributed by atoms with E-state index in [-0.39, 0.29) is 39.0 Å². The molecule has 0 saturated heterocycles. The van der Waals surface area contributed by atoms with Gasteiger partial charge in [-0.25, -0.2) is 8.42 Å². The maximum Gasteiger partial charge on any atom is 0.257 e. The summed E-state index contributed by atoms with van der Waals surface area (Å²) in [6.45, 7) is 3.29. The van der Waals surface area contributed by atoms with Crippen LogP contribution in [0.15, 0.2) is 59.9 Å². The monoisotopic (exact) mass is 488 g/mol. The zero-order valence-corrected chi connectivity index (χ0v) is 19.3. The summed E-state index contributed by atoms with van der Waals surface area (Å²) in [4.78, 5) is 32.9. The molecule has 0 bridgehead atoms. The number of phenols is 1. The van der Waals surface area contributed by atoms with Gasteiger partial charge in [-0.1, -0.05) is 18.5 Å². The van der Waals surface area contributed by atoms with Crippen molar-refractivity contribution in [1.82, 2.24) is 9.97 Å². The maximum absolute atomic E-state index is 12.9. The number of benzene rings is 1. The third-order valence-corrected chi connectivity index (χ3v) is 7.27. The molecular weight excluding hydrogens is 468 g/mol. The molecule has 11 heteroatoms. The molecule has 3 rings (SSSR count). The number of carbonyl (C=O) groups excluding carboxylic acids is 2. The van der Waals surface area contributed by atoms with Gasteiger partial charge in [0.1, 0.15) is 11.0 Å². The van der Waals surface area contributed by atoms with Gasteiger partial charge >= 0.3 is 0 Å². The van der Waals surface area contributed by atoms with E-state index in [1.165, 1.54) is 30.7 Å². The Hall–Kier alpha value is -3.50. The number of halogens is 1. The van der Waals surface area contributed by atoms with E-state index in [0.29, 0.717) is 5.69 Å². The summed E-state index contributed by atoms with van der Waals surface area (Å²) in [7, 11) is -4.01. The number of rotatable bonds is 7. The van der Waals surface area contributed by atoms with Crippen molar-refractivity contribution >= 4 is 44.6 Å². The number of hydrogen-bond donors (Lipinski definition) is 3. The Kier molecular flexibility index (Phi) is 7.29. The average molecular weight is 489 g/mol. The first-order valence-corrected chi connectivity index (χ1v) is 11.8. The highest BCUT2D eigenvalue weighted by molar-refractivity contribution is 7.92. The number of aryl methyl sites for hydroxylation is 1. The van der Waals surface area contributed by atoms with Crippen molar-refractivity contribution in [3.8, 4) is 5.75 Å². The summed E-state index contributed by atoms with van der Waals surface area (Å²) < 4.78 is 25.9. The second-order valence-electron chi connectivity index (χ2n) is 7.11. The van der Waals surface area contributed by atoms with Crippen LogP contribution in [0, 0.1) is 6.92 Å². The molecule has 1 aromatic carbocycles. The number of phenolic OH excluding ortho intramolecular Hbond substituents is 1. The molecule has 0 radical (unpaired) electrons. The van der Waals surface area contributed by atoms with Crippen LogP contribution in [0.1, 0.15) is 29.4 Å². The van der Waals surface area contributed by atoms with Gasteiger partial charge in [-0.15, -0.1) is 0 Å². The average Bonchev–Trinajstić information content (AvgIpc) is 2.78. The van der Waals surface area contributed by atoms with Gasteiger partial charge in [-0.2, -0.15) is 0 Å². The predicted octanol–water partition coefficient (Wildman–Crippen LogP) is 3.59. The number of sulfone groups is 1. The fourth-order valence-corrected chi connectivity index (χ4v) is 4.77. The van der Waals surface area contributed by atoms with Gasteiger partial charge < -0.3 is 15.7 Å². The maximum atomic E-state index is 12.9. The lowest BCUT2D eigenvalue weighted by Gasteiger charge is -2.17. The minimum absolute atomic E-state index is 0.00486. The molecule has 33 heavy (non-hydrogen) atoms. The molecule has 9 nitrogen and oxygen atoms in total. The number of pyridine rings is 2. The van der Waals surface area contributed by atoms with Gasteiger partial charge in [0.15, 0.2) is 9.84 Å². The molecule has 0 spiro atoms. The Bertz CT molecular complexity index is 1280. The lowest BCUT2D eigenvalue weighted by molar-refractivity contribution is -0.115. The zero-order valence-electron chi connectivity index (χ0n) is 17.7. The van der Waals surface area contributed by atoms with Crippen LogP contribution in [-0.4, -0.2) is 40.6 Å². The number of nitrogens with zero attached hydrogens (tertiary/aromatic N) is 2. The molecular formula is C22H21ClN4O5S. The van der Waals surface area contributed by atoms with Gasteiger partial charge in [0.2, 0.25) is 5.91 Å². The van der Waals surface area contributed by atoms with E-state index in [2.05, 4.69) is 20.6 Å². The fourth-order valence-electron chi connectivity index (χ4n) is 3.00. The molecule has 0 fully saturated rings. The standard InChI is InChI=1S/C22H21ClN4O5S/c1-3-20(33(31,32)15-7-6-13(2)25-12-15)22(30)26-17-10-19(28)18(9-16(17)23)27-21(29)14-5-4-8-24-11-14/h4-12,20,28H,3H2,1-2H3,(H,26,30)(H,27,29). The van der Waals surface area contributed by atoms with E-state index >= 15 is 0 Å². The SMILES string of the molecule is CCC(C(=O)Nc1cc(O)c(NC(=O)c2cccnc2)cc1Cl)S(=O)(=O)c1ccc(C)nc1. The molecule has 2 amide bonds. The summed E-state index contributed by atoms with van der Waals surface area (Å²) >= 11 is 6.22. The van der Waals surface area contributed by atoms with E-state index in [1.807, 2.05) is 0 Å². The first-order valence-electron chi connectivity index (χ1n) is 9.84. The summed E-state index contributed by atoms with van der Waals surface area (Å²) in [6.07, 6.45) is 4.09. The summed E-state index contributed by atoms with van der Waals surface area (Å²) in [6, 6.07) is 8.46. The Morgan fingerprint density at radius 2 is 1.88 bits per heavy atom. The van der Waals surface area contributed by atoms with Crippen LogP contribution in [-0.2, 0) is 14.6 Å². The van der Waals surface area contributed by atoms with Crippen LogP contribution in [0.25, 0.3) is 0 Å². The molecule has 172 valence electrons. The molecule has 1 unspecified atom stereocenters. The fraction of sp³-hybridized carbons (Fsp3) is 0.182. The molecule has 0 aliphatic rings. The molecule has 1 atom stereocenters. The Balaban J connectivity index is 1.80. The number of anilines is 2. The number of carbonyl (C=O) groups is 2. The van der Waals surface area contributed by atoms with E-state index in [1.54, 1.807) is 32.0 Å². The Labute approximate surface area is 195 Å². The lowest BCUT2D eigenvalue weighted by atomic mass is 10.2. The summed E-state index contributed by atoms with van der Waals surface area (Å²) in [5.74, 6) is -1.70. The van der Waals surface area contributed by atoms with Crippen LogP contribution < -0.4 is 10.6 Å². The smallest absolute Gasteiger partial charge is 0.257 e. The Morgan fingerprint density at radius 3 is 2.48 bits per heavy atom. The molecule has 3 aromatic rings. The van der Waals surface area contributed by atoms with Crippen molar-refractivity contribution < 1.29 is 23.1 Å². The highest BCUT2D eigenvalue weighted by Crippen LogP contribution is 2.34. The van der Waals surface area contributed by atoms with Crippen molar-refractivity contribution in [3.63, 3.8) is 0 Å². The van der Waals surface area contributed by atoms with Crippen molar-refractivity contribution in [2.45, 2.75) is 30.4 Å². The number of nitrogens with one attached hydrogen (secondary N) is 2. The topological polar surface area (TPSA) is 138 Å². The van der Waals surface area contributed by atoms with E-state index < -0.39 is 26.9 Å². The van der Waals surface area contributed by atoms with Crippen LogP contribution >= 0.6 is 11.6 Å². The molecule has 0 saturated carbocycles. The molecule has 2 aromatic heterocycles. The van der Waals surface area contributed by atoms with Crippen molar-refractivity contribution in [2.24, 2.45) is 0 Å². The highest BCUT2D eigenvalue weighted by Gasteiger charge is 2.33. The molecule has 0 aliphatic heterocycles. The number of amides is 2. The summed E-state index contributed by atoms with van der Waals surface area (Å²) in [5.41, 5.74) is 0.919. The molecule has 2 heterocycles. The van der Waals surface area contributed by atoms with Crippen LogP contribution in [0.4, 0.5) is 11.4 Å². The van der Waals surface area contributed by atoms with Crippen LogP contribution in [0.2, 0.25) is 5.02 Å². The van der Waals surface area contributed by atoms with Gasteiger partial charge in [0.25, 0.3) is 5.91 Å². The third-order valence-electron chi connectivity index (χ3n) is 4.77. The first kappa shape index (κ1) is 24.1. The second kappa shape index (κ2) is 9.97. The minimum Gasteiger partial charge on any atom is -0.506 e. The zero-order chi connectivity index (χ0) is 24.2. The normalized spacial score (nSPS) is 12.1. The molecule has 3 N–H and O–H groups in total. The predicted molar refractivity (Wildman–Crippen MR) is 124 cm³/mol. The van der Waals surface area contributed by atoms with Crippen LogP contribution in [0.5, 0.6) is 5.75 Å². The highest BCUT2D eigenvalue weighted by atomic mass is 35.5. The van der Waals surface area contributed by atoms with Crippen molar-refractivity contribution in [2.75, 3.05) is 10.6 Å². The summed E-state index contributed by atoms with van der Waals surface area (Å²) in [5, 5.41) is 13.9. The number of hydrogen-bond acceptors (Lipinski definition) is 7. The van der Waals surface area contributed by atoms with Gasteiger partial charge in [0, 0.05) is 30.4 Å².